The summed E-state index contributed by atoms with van der Waals surface area (Å²) in [5, 5.41) is 52.9. The van der Waals surface area contributed by atoms with Gasteiger partial charge in [0.1, 0.15) is 12.2 Å². The van der Waals surface area contributed by atoms with Gasteiger partial charge in [-0.1, -0.05) is 13.8 Å². The number of rotatable bonds is 2. The first-order chi connectivity index (χ1) is 12.6. The molecule has 0 amide bonds. The van der Waals surface area contributed by atoms with Crippen LogP contribution in [-0.2, 0) is 4.79 Å². The summed E-state index contributed by atoms with van der Waals surface area (Å²) in [6.07, 6.45) is 2.29. The second-order valence-corrected chi connectivity index (χ2v) is 10.3. The maximum atomic E-state index is 12.4. The van der Waals surface area contributed by atoms with Gasteiger partial charge >= 0.3 is 0 Å². The molecule has 4 fully saturated rings. The molecule has 6 nitrogen and oxygen atoms in total. The van der Waals surface area contributed by atoms with Gasteiger partial charge in [0.25, 0.3) is 0 Å². The van der Waals surface area contributed by atoms with Crippen molar-refractivity contribution in [2.75, 3.05) is 6.61 Å². The second kappa shape index (κ2) is 6.23. The summed E-state index contributed by atoms with van der Waals surface area (Å²) in [6, 6.07) is 0. The zero-order valence-electron chi connectivity index (χ0n) is 16.3. The van der Waals surface area contributed by atoms with E-state index in [-0.39, 0.29) is 35.2 Å². The number of aliphatic hydroxyl groups excluding tert-OH is 4. The molecule has 0 unspecified atom stereocenters. The quantitative estimate of drug-likeness (QED) is 0.478. The van der Waals surface area contributed by atoms with Crippen LogP contribution >= 0.6 is 0 Å². The summed E-state index contributed by atoms with van der Waals surface area (Å²) in [4.78, 5) is 12.4. The van der Waals surface area contributed by atoms with Crippen molar-refractivity contribution in [2.24, 2.45) is 34.5 Å². The SMILES string of the molecule is C[C@]12CC[C@@H](O)C[C@@H]1[C@@H](O)C[C@@H]1[C@@H]2[C@@H](O)C[C@@]2(C)[C@H]1CC[C@]2(O)C(=O)CO. The maximum Gasteiger partial charge on any atom is 0.190 e. The van der Waals surface area contributed by atoms with Gasteiger partial charge in [0.05, 0.1) is 18.3 Å². The third-order valence-corrected chi connectivity index (χ3v) is 9.34. The fraction of sp³-hybridized carbons (Fsp3) is 0.952. The summed E-state index contributed by atoms with van der Waals surface area (Å²) >= 11 is 0. The maximum absolute atomic E-state index is 12.4. The van der Waals surface area contributed by atoms with Gasteiger partial charge in [-0.2, -0.15) is 0 Å². The standard InChI is InChI=1S/C21H34O6/c1-19-5-3-11(23)7-14(19)15(24)8-12-13-4-6-21(27,17(26)10-22)20(13,2)9-16(25)18(12)19/h11-16,18,22-25,27H,3-10H2,1-2H3/t11-,12+,13+,14-,15+,16+,18-,19+,20+,21+/m1/s1. The van der Waals surface area contributed by atoms with E-state index in [2.05, 4.69) is 6.92 Å². The average molecular weight is 382 g/mol. The van der Waals surface area contributed by atoms with Crippen LogP contribution < -0.4 is 0 Å². The van der Waals surface area contributed by atoms with Crippen molar-refractivity contribution in [1.82, 2.24) is 0 Å². The van der Waals surface area contributed by atoms with Crippen LogP contribution in [0.3, 0.4) is 0 Å². The highest BCUT2D eigenvalue weighted by molar-refractivity contribution is 5.89. The molecular formula is C21H34O6. The molecule has 154 valence electrons. The first kappa shape index (κ1) is 19.8. The van der Waals surface area contributed by atoms with Crippen molar-refractivity contribution in [3.63, 3.8) is 0 Å². The fourth-order valence-electron chi connectivity index (χ4n) is 8.00. The Morgan fingerprint density at radius 2 is 1.70 bits per heavy atom. The van der Waals surface area contributed by atoms with Gasteiger partial charge in [0.2, 0.25) is 0 Å². The van der Waals surface area contributed by atoms with Crippen molar-refractivity contribution < 1.29 is 30.3 Å². The van der Waals surface area contributed by atoms with Gasteiger partial charge in [-0.25, -0.2) is 0 Å². The third-order valence-electron chi connectivity index (χ3n) is 9.34. The number of Topliss-reactive ketones (excluding diaryl/α,β-unsaturated/α-hetero) is 1. The first-order valence-corrected chi connectivity index (χ1v) is 10.5. The first-order valence-electron chi connectivity index (χ1n) is 10.5. The lowest BCUT2D eigenvalue weighted by atomic mass is 9.43. The van der Waals surface area contributed by atoms with E-state index in [0.717, 1.165) is 6.42 Å². The van der Waals surface area contributed by atoms with Crippen LogP contribution in [0, 0.1) is 34.5 Å². The van der Waals surface area contributed by atoms with Crippen LogP contribution in [0.4, 0.5) is 0 Å². The van der Waals surface area contributed by atoms with Crippen molar-refractivity contribution in [1.29, 1.82) is 0 Å². The highest BCUT2D eigenvalue weighted by Gasteiger charge is 2.69. The fourth-order valence-corrected chi connectivity index (χ4v) is 8.00. The molecule has 5 N–H and O–H groups in total. The molecule has 4 aliphatic rings. The number of ketones is 1. The number of carbonyl (C=O) groups is 1. The molecule has 4 aliphatic carbocycles. The molecule has 10 atom stereocenters. The number of aliphatic hydroxyl groups is 5. The second-order valence-electron chi connectivity index (χ2n) is 10.3. The molecule has 0 aromatic heterocycles. The lowest BCUT2D eigenvalue weighted by Gasteiger charge is -2.63. The molecule has 4 rings (SSSR count). The number of hydrogen-bond acceptors (Lipinski definition) is 6. The van der Waals surface area contributed by atoms with Crippen LogP contribution in [-0.4, -0.2) is 61.8 Å². The minimum absolute atomic E-state index is 0.00283. The molecular weight excluding hydrogens is 348 g/mol. The molecule has 6 heteroatoms. The van der Waals surface area contributed by atoms with Crippen molar-refractivity contribution in [2.45, 2.75) is 82.7 Å². The van der Waals surface area contributed by atoms with Gasteiger partial charge < -0.3 is 25.5 Å². The van der Waals surface area contributed by atoms with Crippen LogP contribution in [0.15, 0.2) is 0 Å². The highest BCUT2D eigenvalue weighted by atomic mass is 16.3. The molecule has 0 spiro atoms. The summed E-state index contributed by atoms with van der Waals surface area (Å²) < 4.78 is 0. The minimum Gasteiger partial charge on any atom is -0.393 e. The van der Waals surface area contributed by atoms with Crippen molar-refractivity contribution in [3.8, 4) is 0 Å². The van der Waals surface area contributed by atoms with Crippen molar-refractivity contribution in [3.05, 3.63) is 0 Å². The molecule has 0 radical (unpaired) electrons. The number of carbonyl (C=O) groups excluding carboxylic acids is 1. The molecule has 0 saturated heterocycles. The van der Waals surface area contributed by atoms with Gasteiger partial charge in [-0.3, -0.25) is 4.79 Å². The van der Waals surface area contributed by atoms with Crippen LogP contribution in [0.25, 0.3) is 0 Å². The Balaban J connectivity index is 1.72. The van der Waals surface area contributed by atoms with E-state index in [9.17, 15) is 30.3 Å². The molecule has 0 heterocycles. The highest BCUT2D eigenvalue weighted by Crippen LogP contribution is 2.68. The van der Waals surface area contributed by atoms with Gasteiger partial charge in [-0.15, -0.1) is 0 Å². The van der Waals surface area contributed by atoms with E-state index in [4.69, 9.17) is 0 Å². The third kappa shape index (κ3) is 2.46. The van der Waals surface area contributed by atoms with E-state index in [1.807, 2.05) is 6.92 Å². The van der Waals surface area contributed by atoms with Crippen LogP contribution in [0.2, 0.25) is 0 Å². The Morgan fingerprint density at radius 1 is 1.00 bits per heavy atom. The van der Waals surface area contributed by atoms with E-state index < -0.39 is 35.6 Å². The Kier molecular flexibility index (Phi) is 4.56. The predicted molar refractivity (Wildman–Crippen MR) is 97.6 cm³/mol. The molecule has 0 bridgehead atoms. The number of hydrogen-bond donors (Lipinski definition) is 5. The predicted octanol–water partition coefficient (Wildman–Crippen LogP) is 0.624. The topological polar surface area (TPSA) is 118 Å². The Morgan fingerprint density at radius 3 is 2.37 bits per heavy atom. The molecule has 0 aliphatic heterocycles. The van der Waals surface area contributed by atoms with Crippen LogP contribution in [0.1, 0.15) is 58.8 Å². The Hall–Kier alpha value is -0.530. The Labute approximate surface area is 160 Å². The lowest BCUT2D eigenvalue weighted by molar-refractivity contribution is -0.222. The van der Waals surface area contributed by atoms with E-state index in [1.54, 1.807) is 0 Å². The summed E-state index contributed by atoms with van der Waals surface area (Å²) in [5.41, 5.74) is -2.64. The lowest BCUT2D eigenvalue weighted by Crippen LogP contribution is -2.65. The van der Waals surface area contributed by atoms with Gasteiger partial charge in [0.15, 0.2) is 5.78 Å². The van der Waals surface area contributed by atoms with Crippen LogP contribution in [0.5, 0.6) is 0 Å². The van der Waals surface area contributed by atoms with E-state index >= 15 is 0 Å². The summed E-state index contributed by atoms with van der Waals surface area (Å²) in [5.74, 6) is -0.514. The smallest absolute Gasteiger partial charge is 0.190 e. The van der Waals surface area contributed by atoms with E-state index in [0.29, 0.717) is 38.5 Å². The zero-order valence-corrected chi connectivity index (χ0v) is 16.3. The van der Waals surface area contributed by atoms with Gasteiger partial charge in [-0.05, 0) is 74.0 Å². The molecule has 27 heavy (non-hydrogen) atoms. The van der Waals surface area contributed by atoms with Crippen molar-refractivity contribution >= 4 is 5.78 Å². The normalized spacial score (nSPS) is 57.5. The largest absolute Gasteiger partial charge is 0.393 e. The Bertz CT molecular complexity index is 624. The van der Waals surface area contributed by atoms with Gasteiger partial charge in [0, 0.05) is 5.41 Å². The monoisotopic (exact) mass is 382 g/mol. The summed E-state index contributed by atoms with van der Waals surface area (Å²) in [7, 11) is 0. The molecule has 0 aromatic carbocycles. The molecule has 4 saturated carbocycles. The average Bonchev–Trinajstić information content (AvgIpc) is 2.87. The minimum atomic E-state index is -1.61. The summed E-state index contributed by atoms with van der Waals surface area (Å²) in [6.45, 7) is 3.34. The van der Waals surface area contributed by atoms with E-state index in [1.165, 1.54) is 0 Å². The number of fused-ring (bicyclic) bond motifs is 5. The zero-order chi connectivity index (χ0) is 19.8. The molecule has 0 aromatic rings.